The van der Waals surface area contributed by atoms with Crippen LogP contribution in [0.2, 0.25) is 0 Å². The quantitative estimate of drug-likeness (QED) is 0.848. The molecular weight excluding hydrogens is 302 g/mol. The summed E-state index contributed by atoms with van der Waals surface area (Å²) in [6.07, 6.45) is 4.40. The van der Waals surface area contributed by atoms with Crippen LogP contribution in [-0.4, -0.2) is 39.8 Å². The summed E-state index contributed by atoms with van der Waals surface area (Å²) < 4.78 is 7.88. The number of carbonyl (C=O) groups is 1. The van der Waals surface area contributed by atoms with Gasteiger partial charge < -0.3 is 9.64 Å². The summed E-state index contributed by atoms with van der Waals surface area (Å²) in [5.41, 5.74) is 2.19. The van der Waals surface area contributed by atoms with Crippen molar-refractivity contribution < 1.29 is 9.53 Å². The molecule has 3 rings (SSSR count). The summed E-state index contributed by atoms with van der Waals surface area (Å²) in [6, 6.07) is 10.1. The highest BCUT2D eigenvalue weighted by atomic mass is 16.5. The topological polar surface area (TPSA) is 47.4 Å². The number of nitrogens with zero attached hydrogens (tertiary/aromatic N) is 3. The van der Waals surface area contributed by atoms with E-state index in [1.165, 1.54) is 5.56 Å². The Morgan fingerprint density at radius 1 is 1.25 bits per heavy atom. The zero-order valence-electron chi connectivity index (χ0n) is 14.4. The second kappa shape index (κ2) is 7.51. The number of likely N-dealkylation sites (tertiary alicyclic amines) is 1. The molecule has 0 saturated carbocycles. The zero-order chi connectivity index (χ0) is 16.9. The van der Waals surface area contributed by atoms with E-state index in [-0.39, 0.29) is 12.0 Å². The summed E-state index contributed by atoms with van der Waals surface area (Å²) in [7, 11) is 0. The first kappa shape index (κ1) is 16.6. The molecule has 1 aromatic heterocycles. The van der Waals surface area contributed by atoms with Gasteiger partial charge in [-0.3, -0.25) is 9.48 Å². The number of piperidine rings is 1. The number of ether oxygens (including phenoxy) is 1. The molecule has 1 amide bonds. The monoisotopic (exact) mass is 327 g/mol. The molecule has 1 fully saturated rings. The Hall–Kier alpha value is -2.30. The SMILES string of the molecule is Cc1cccc(OC2CCN(C(=O)CCn3ccc(C)n3)CC2)c1. The lowest BCUT2D eigenvalue weighted by Gasteiger charge is -2.32. The Kier molecular flexibility index (Phi) is 5.18. The third-order valence-corrected chi connectivity index (χ3v) is 4.42. The fraction of sp³-hybridized carbons (Fsp3) is 0.474. The van der Waals surface area contributed by atoms with Gasteiger partial charge in [-0.05, 0) is 37.6 Å². The first-order valence-corrected chi connectivity index (χ1v) is 8.61. The summed E-state index contributed by atoms with van der Waals surface area (Å²) in [5, 5.41) is 4.32. The van der Waals surface area contributed by atoms with Crippen LogP contribution >= 0.6 is 0 Å². The zero-order valence-corrected chi connectivity index (χ0v) is 14.4. The number of aromatic nitrogens is 2. The summed E-state index contributed by atoms with van der Waals surface area (Å²) in [4.78, 5) is 14.3. The van der Waals surface area contributed by atoms with Crippen molar-refractivity contribution in [1.82, 2.24) is 14.7 Å². The van der Waals surface area contributed by atoms with E-state index in [1.807, 2.05) is 40.9 Å². The van der Waals surface area contributed by atoms with Crippen LogP contribution in [0, 0.1) is 13.8 Å². The van der Waals surface area contributed by atoms with E-state index in [1.54, 1.807) is 0 Å². The van der Waals surface area contributed by atoms with Crippen molar-refractivity contribution in [3.05, 3.63) is 47.8 Å². The number of rotatable bonds is 5. The molecule has 0 unspecified atom stereocenters. The van der Waals surface area contributed by atoms with E-state index >= 15 is 0 Å². The fourth-order valence-electron chi connectivity index (χ4n) is 3.06. The van der Waals surface area contributed by atoms with Gasteiger partial charge in [-0.2, -0.15) is 5.10 Å². The van der Waals surface area contributed by atoms with E-state index < -0.39 is 0 Å². The van der Waals surface area contributed by atoms with Crippen LogP contribution in [0.15, 0.2) is 36.5 Å². The molecule has 0 bridgehead atoms. The first-order valence-electron chi connectivity index (χ1n) is 8.61. The number of aryl methyl sites for hydroxylation is 3. The van der Waals surface area contributed by atoms with Crippen molar-refractivity contribution in [2.75, 3.05) is 13.1 Å². The van der Waals surface area contributed by atoms with Crippen molar-refractivity contribution in [3.8, 4) is 5.75 Å². The maximum atomic E-state index is 12.3. The predicted molar refractivity (Wildman–Crippen MR) is 93.0 cm³/mol. The lowest BCUT2D eigenvalue weighted by Crippen LogP contribution is -2.42. The molecule has 0 aliphatic carbocycles. The largest absolute Gasteiger partial charge is 0.490 e. The minimum Gasteiger partial charge on any atom is -0.490 e. The highest BCUT2D eigenvalue weighted by molar-refractivity contribution is 5.76. The minimum atomic E-state index is 0.199. The first-order chi connectivity index (χ1) is 11.6. The second-order valence-corrected chi connectivity index (χ2v) is 6.48. The number of hydrogen-bond acceptors (Lipinski definition) is 3. The number of benzene rings is 1. The molecule has 0 radical (unpaired) electrons. The van der Waals surface area contributed by atoms with Crippen LogP contribution < -0.4 is 4.74 Å². The van der Waals surface area contributed by atoms with E-state index in [0.29, 0.717) is 13.0 Å². The molecule has 2 heterocycles. The summed E-state index contributed by atoms with van der Waals surface area (Å²) in [6.45, 7) is 6.21. The summed E-state index contributed by atoms with van der Waals surface area (Å²) >= 11 is 0. The minimum absolute atomic E-state index is 0.199. The standard InChI is InChI=1S/C19H25N3O2/c1-15-4-3-5-18(14-15)24-17-7-10-21(11-8-17)19(23)9-13-22-12-6-16(2)20-22/h3-6,12,14,17H,7-11,13H2,1-2H3. The molecule has 1 aromatic carbocycles. The normalized spacial score (nSPS) is 15.5. The smallest absolute Gasteiger partial charge is 0.224 e. The van der Waals surface area contributed by atoms with Crippen LogP contribution in [0.3, 0.4) is 0 Å². The third-order valence-electron chi connectivity index (χ3n) is 4.42. The van der Waals surface area contributed by atoms with Crippen LogP contribution in [0.4, 0.5) is 0 Å². The average molecular weight is 327 g/mol. The molecule has 5 nitrogen and oxygen atoms in total. The van der Waals surface area contributed by atoms with E-state index in [9.17, 15) is 4.79 Å². The van der Waals surface area contributed by atoms with E-state index in [2.05, 4.69) is 24.2 Å². The number of carbonyl (C=O) groups excluding carboxylic acids is 1. The molecule has 128 valence electrons. The molecule has 0 atom stereocenters. The maximum absolute atomic E-state index is 12.3. The van der Waals surface area contributed by atoms with Gasteiger partial charge in [0.25, 0.3) is 0 Å². The molecular formula is C19H25N3O2. The lowest BCUT2D eigenvalue weighted by molar-refractivity contribution is -0.133. The van der Waals surface area contributed by atoms with Crippen LogP contribution in [0.5, 0.6) is 5.75 Å². The van der Waals surface area contributed by atoms with Gasteiger partial charge in [-0.25, -0.2) is 0 Å². The fourth-order valence-corrected chi connectivity index (χ4v) is 3.06. The van der Waals surface area contributed by atoms with E-state index in [4.69, 9.17) is 4.74 Å². The average Bonchev–Trinajstić information content (AvgIpc) is 2.99. The molecule has 1 aliphatic rings. The van der Waals surface area contributed by atoms with Gasteiger partial charge >= 0.3 is 0 Å². The van der Waals surface area contributed by atoms with Crippen LogP contribution in [0.25, 0.3) is 0 Å². The van der Waals surface area contributed by atoms with Crippen LogP contribution in [0.1, 0.15) is 30.5 Å². The molecule has 2 aromatic rings. The van der Waals surface area contributed by atoms with Gasteiger partial charge in [0.15, 0.2) is 0 Å². The van der Waals surface area contributed by atoms with Gasteiger partial charge in [0.1, 0.15) is 11.9 Å². The van der Waals surface area contributed by atoms with Crippen molar-refractivity contribution in [1.29, 1.82) is 0 Å². The maximum Gasteiger partial charge on any atom is 0.224 e. The Bertz CT molecular complexity index is 687. The third kappa shape index (κ3) is 4.37. The Morgan fingerprint density at radius 3 is 2.71 bits per heavy atom. The molecule has 0 spiro atoms. The highest BCUT2D eigenvalue weighted by Gasteiger charge is 2.23. The van der Waals surface area contributed by atoms with Crippen molar-refractivity contribution in [2.24, 2.45) is 0 Å². The molecule has 5 heteroatoms. The Balaban J connectivity index is 1.43. The van der Waals surface area contributed by atoms with E-state index in [0.717, 1.165) is 37.4 Å². The highest BCUT2D eigenvalue weighted by Crippen LogP contribution is 2.20. The van der Waals surface area contributed by atoms with Crippen molar-refractivity contribution in [3.63, 3.8) is 0 Å². The van der Waals surface area contributed by atoms with Gasteiger partial charge in [0.05, 0.1) is 5.69 Å². The second-order valence-electron chi connectivity index (χ2n) is 6.48. The van der Waals surface area contributed by atoms with Crippen LogP contribution in [-0.2, 0) is 11.3 Å². The molecule has 24 heavy (non-hydrogen) atoms. The summed E-state index contributed by atoms with van der Waals surface area (Å²) in [5.74, 6) is 1.13. The number of hydrogen-bond donors (Lipinski definition) is 0. The predicted octanol–water partition coefficient (Wildman–Crippen LogP) is 2.96. The van der Waals surface area contributed by atoms with Crippen molar-refractivity contribution in [2.45, 2.75) is 45.8 Å². The Morgan fingerprint density at radius 2 is 2.04 bits per heavy atom. The molecule has 1 saturated heterocycles. The van der Waals surface area contributed by atoms with Gasteiger partial charge in [0, 0.05) is 45.1 Å². The molecule has 1 aliphatic heterocycles. The van der Waals surface area contributed by atoms with Crippen molar-refractivity contribution >= 4 is 5.91 Å². The number of amides is 1. The Labute approximate surface area is 143 Å². The molecule has 0 N–H and O–H groups in total. The lowest BCUT2D eigenvalue weighted by atomic mass is 10.1. The van der Waals surface area contributed by atoms with Gasteiger partial charge in [0.2, 0.25) is 5.91 Å². The van der Waals surface area contributed by atoms with Gasteiger partial charge in [-0.1, -0.05) is 12.1 Å². The van der Waals surface area contributed by atoms with Gasteiger partial charge in [-0.15, -0.1) is 0 Å².